The van der Waals surface area contributed by atoms with E-state index in [9.17, 15) is 0 Å². The van der Waals surface area contributed by atoms with Gasteiger partial charge in [0.2, 0.25) is 0 Å². The summed E-state index contributed by atoms with van der Waals surface area (Å²) in [6.45, 7) is 0. The van der Waals surface area contributed by atoms with Gasteiger partial charge in [-0.2, -0.15) is 0 Å². The van der Waals surface area contributed by atoms with Gasteiger partial charge in [0.05, 0.1) is 0 Å². The number of rotatable bonds is 0. The molecule has 0 rings (SSSR count). The van der Waals surface area contributed by atoms with Crippen LogP contribution < -0.4 is 0 Å². The molecule has 0 heterocycles. The molecule has 9 heavy (non-hydrogen) atoms. The molecule has 0 aliphatic carbocycles. The Bertz CT molecular complexity index is 4.53. The van der Waals surface area contributed by atoms with E-state index in [0.717, 1.165) is 0 Å². The molecule has 0 aromatic carbocycles. The van der Waals surface area contributed by atoms with Gasteiger partial charge < -0.3 is 43.8 Å². The molecule has 0 atom stereocenters. The summed E-state index contributed by atoms with van der Waals surface area (Å²) >= 11 is 0. The average Bonchev–Trinajstić information content (AvgIpc) is 0. The van der Waals surface area contributed by atoms with Gasteiger partial charge in [0.1, 0.15) is 0 Å². The van der Waals surface area contributed by atoms with E-state index in [2.05, 4.69) is 0 Å². The molecule has 0 fully saturated rings. The first-order valence-corrected chi connectivity index (χ1v) is 0. The van der Waals surface area contributed by atoms with Crippen LogP contribution in [0.3, 0.4) is 0 Å². The van der Waals surface area contributed by atoms with E-state index in [0.29, 0.717) is 0 Å². The molecule has 9 heteroatoms. The third-order valence-corrected chi connectivity index (χ3v) is 0. The van der Waals surface area contributed by atoms with Crippen LogP contribution in [0.5, 0.6) is 0 Å². The monoisotopic (exact) mass is 168 g/mol. The normalized spacial score (nSPS) is 0. The Hall–Kier alpha value is 0.680. The molecule has 8 nitrogen and oxygen atoms in total. The molecular formula is H17NaO8. The van der Waals surface area contributed by atoms with Crippen LogP contribution in [0.2, 0.25) is 0 Å². The molecule has 16 N–H and O–H groups in total. The van der Waals surface area contributed by atoms with Crippen molar-refractivity contribution in [1.82, 2.24) is 0 Å². The fraction of sp³-hybridized carbons (Fsp3) is 0. The minimum atomic E-state index is 0. The molecule has 0 spiro atoms. The van der Waals surface area contributed by atoms with Gasteiger partial charge in [-0.3, -0.25) is 0 Å². The summed E-state index contributed by atoms with van der Waals surface area (Å²) < 4.78 is 0. The Kier molecular flexibility index (Phi) is 194000. The van der Waals surface area contributed by atoms with Crippen molar-refractivity contribution in [3.8, 4) is 0 Å². The van der Waals surface area contributed by atoms with Crippen LogP contribution in [-0.4, -0.2) is 73.4 Å². The third kappa shape index (κ3) is 838. The van der Waals surface area contributed by atoms with Crippen LogP contribution >= 0.6 is 0 Å². The molecule has 0 aromatic rings. The molecule has 0 saturated heterocycles. The Morgan fingerprint density at radius 2 is 0.222 bits per heavy atom. The van der Waals surface area contributed by atoms with Gasteiger partial charge >= 0.3 is 29.6 Å². The molecular weight excluding hydrogens is 151 g/mol. The van der Waals surface area contributed by atoms with Gasteiger partial charge in [-0.25, -0.2) is 0 Å². The standard InChI is InChI=1S/Na.8H2O.H/h;8*1H2;. The zero-order valence-corrected chi connectivity index (χ0v) is 4.00. The van der Waals surface area contributed by atoms with Crippen molar-refractivity contribution in [3.63, 3.8) is 0 Å². The molecule has 0 unspecified atom stereocenters. The summed E-state index contributed by atoms with van der Waals surface area (Å²) in [5.41, 5.74) is 0. The van der Waals surface area contributed by atoms with E-state index < -0.39 is 0 Å². The molecule has 0 aliphatic rings. The summed E-state index contributed by atoms with van der Waals surface area (Å²) in [7, 11) is 0. The summed E-state index contributed by atoms with van der Waals surface area (Å²) in [6, 6.07) is 0. The van der Waals surface area contributed by atoms with E-state index in [1.165, 1.54) is 0 Å². The van der Waals surface area contributed by atoms with Crippen molar-refractivity contribution in [2.24, 2.45) is 0 Å². The SMILES string of the molecule is O.O.O.O.O.O.O.O.[NaH]. The van der Waals surface area contributed by atoms with E-state index in [-0.39, 0.29) is 73.4 Å². The fourth-order valence-corrected chi connectivity index (χ4v) is 0. The quantitative estimate of drug-likeness (QED) is 0.305. The van der Waals surface area contributed by atoms with Crippen molar-refractivity contribution in [3.05, 3.63) is 0 Å². The number of hydrogen-bond acceptors (Lipinski definition) is 0. The number of hydrogen-bond donors (Lipinski definition) is 0. The maximum atomic E-state index is 0. The van der Waals surface area contributed by atoms with Crippen molar-refractivity contribution in [2.45, 2.75) is 0 Å². The zero-order valence-electron chi connectivity index (χ0n) is 4.00. The maximum absolute atomic E-state index is 0. The van der Waals surface area contributed by atoms with Crippen LogP contribution in [0.1, 0.15) is 0 Å². The van der Waals surface area contributed by atoms with Crippen molar-refractivity contribution in [2.75, 3.05) is 0 Å². The Morgan fingerprint density at radius 1 is 0.222 bits per heavy atom. The third-order valence-electron chi connectivity index (χ3n) is 0. The molecule has 0 aromatic heterocycles. The summed E-state index contributed by atoms with van der Waals surface area (Å²) in [5, 5.41) is 0. The van der Waals surface area contributed by atoms with Crippen molar-refractivity contribution >= 4 is 29.6 Å². The van der Waals surface area contributed by atoms with Crippen LogP contribution in [0.25, 0.3) is 0 Å². The first-order valence-electron chi connectivity index (χ1n) is 0. The van der Waals surface area contributed by atoms with E-state index in [1.54, 1.807) is 0 Å². The van der Waals surface area contributed by atoms with E-state index >= 15 is 0 Å². The van der Waals surface area contributed by atoms with E-state index in [4.69, 9.17) is 0 Å². The predicted octanol–water partition coefficient (Wildman–Crippen LogP) is -7.25. The summed E-state index contributed by atoms with van der Waals surface area (Å²) in [4.78, 5) is 0. The molecule has 0 saturated carbocycles. The van der Waals surface area contributed by atoms with E-state index in [1.807, 2.05) is 0 Å². The molecule has 0 amide bonds. The summed E-state index contributed by atoms with van der Waals surface area (Å²) in [5.74, 6) is 0. The second-order valence-electron chi connectivity index (χ2n) is 0. The Morgan fingerprint density at radius 3 is 0.222 bits per heavy atom. The Labute approximate surface area is 73.6 Å². The molecule has 66 valence electrons. The van der Waals surface area contributed by atoms with Gasteiger partial charge in [0.25, 0.3) is 0 Å². The zero-order chi connectivity index (χ0) is 0. The Balaban J connectivity index is 0. The average molecular weight is 168 g/mol. The van der Waals surface area contributed by atoms with Gasteiger partial charge in [-0.05, 0) is 0 Å². The first kappa shape index (κ1) is 1580. The molecule has 0 bridgehead atoms. The predicted molar refractivity (Wildman–Crippen MR) is 36.1 cm³/mol. The topological polar surface area (TPSA) is 252 Å². The van der Waals surface area contributed by atoms with Gasteiger partial charge in [-0.15, -0.1) is 0 Å². The van der Waals surface area contributed by atoms with Crippen molar-refractivity contribution in [1.29, 1.82) is 0 Å². The second kappa shape index (κ2) is 1110. The van der Waals surface area contributed by atoms with Crippen molar-refractivity contribution < 1.29 is 43.8 Å². The van der Waals surface area contributed by atoms with Crippen LogP contribution in [0.15, 0.2) is 0 Å². The van der Waals surface area contributed by atoms with Gasteiger partial charge in [0, 0.05) is 0 Å². The summed E-state index contributed by atoms with van der Waals surface area (Å²) in [6.07, 6.45) is 0. The van der Waals surface area contributed by atoms with Crippen LogP contribution in [0, 0.1) is 0 Å². The van der Waals surface area contributed by atoms with Crippen LogP contribution in [-0.2, 0) is 0 Å². The molecule has 0 radical (unpaired) electrons. The molecule has 0 aliphatic heterocycles. The van der Waals surface area contributed by atoms with Gasteiger partial charge in [-0.1, -0.05) is 0 Å². The van der Waals surface area contributed by atoms with Gasteiger partial charge in [0.15, 0.2) is 0 Å². The van der Waals surface area contributed by atoms with Crippen LogP contribution in [0.4, 0.5) is 0 Å². The second-order valence-corrected chi connectivity index (χ2v) is 0. The first-order chi connectivity index (χ1) is 0. The minimum absolute atomic E-state index is 0. The fourth-order valence-electron chi connectivity index (χ4n) is 0.